The molecule has 0 radical (unpaired) electrons. The minimum absolute atomic E-state index is 0.0234. The van der Waals surface area contributed by atoms with Crippen LogP contribution in [0.15, 0.2) is 47.6 Å². The van der Waals surface area contributed by atoms with Crippen molar-refractivity contribution in [2.75, 3.05) is 4.90 Å². The number of nitrogens with zero attached hydrogens (tertiary/aromatic N) is 3. The molecule has 0 spiro atoms. The topological polar surface area (TPSA) is 111 Å². The molecule has 190 valence electrons. The highest BCUT2D eigenvalue weighted by Gasteiger charge is 2.52. The number of anilines is 1. The van der Waals surface area contributed by atoms with Gasteiger partial charge in [0.05, 0.1) is 18.4 Å². The molecule has 0 unspecified atom stereocenters. The first-order valence-corrected chi connectivity index (χ1v) is 10.2. The highest BCUT2D eigenvalue weighted by molar-refractivity contribution is 8.00. The summed E-state index contributed by atoms with van der Waals surface area (Å²) in [5, 5.41) is 17.0. The van der Waals surface area contributed by atoms with Crippen molar-refractivity contribution < 1.29 is 50.9 Å². The van der Waals surface area contributed by atoms with Gasteiger partial charge in [-0.1, -0.05) is 0 Å². The molecule has 0 bridgehead atoms. The number of imide groups is 1. The number of rotatable bonds is 4. The van der Waals surface area contributed by atoms with Crippen LogP contribution in [-0.2, 0) is 16.1 Å². The maximum absolute atomic E-state index is 12.9. The SMILES string of the molecule is CC1(C)C(=O)N(c2ccc(SC(F)(F)F)cc2)C(=O)N1Cc1ccncc1O.O=C(O)C(F)(F)F. The lowest BCUT2D eigenvalue weighted by molar-refractivity contribution is -0.192. The number of alkyl halides is 6. The number of hydrogen-bond donors (Lipinski definition) is 2. The number of aromatic hydroxyl groups is 1. The largest absolute Gasteiger partial charge is 0.506 e. The number of urea groups is 1. The van der Waals surface area contributed by atoms with E-state index < -0.39 is 35.1 Å². The van der Waals surface area contributed by atoms with Gasteiger partial charge in [-0.25, -0.2) is 14.5 Å². The molecular formula is C20H17F6N3O5S. The Balaban J connectivity index is 0.000000540. The van der Waals surface area contributed by atoms with Crippen LogP contribution in [0, 0.1) is 0 Å². The van der Waals surface area contributed by atoms with Crippen LogP contribution in [0.2, 0.25) is 0 Å². The molecule has 1 aliphatic heterocycles. The van der Waals surface area contributed by atoms with Gasteiger partial charge in [0.2, 0.25) is 0 Å². The van der Waals surface area contributed by atoms with Crippen molar-refractivity contribution in [2.24, 2.45) is 0 Å². The number of aliphatic carboxylic acids is 1. The van der Waals surface area contributed by atoms with Gasteiger partial charge in [-0.2, -0.15) is 26.3 Å². The Hall–Kier alpha value is -3.49. The predicted octanol–water partition coefficient (Wildman–Crippen LogP) is 4.78. The molecule has 0 saturated carbocycles. The van der Waals surface area contributed by atoms with Crippen molar-refractivity contribution >= 4 is 35.4 Å². The van der Waals surface area contributed by atoms with E-state index in [4.69, 9.17) is 9.90 Å². The number of halogens is 6. The molecule has 35 heavy (non-hydrogen) atoms. The lowest BCUT2D eigenvalue weighted by atomic mass is 10.0. The quantitative estimate of drug-likeness (QED) is 0.336. The Morgan fingerprint density at radius 3 is 2.06 bits per heavy atom. The lowest BCUT2D eigenvalue weighted by Gasteiger charge is -2.27. The number of amides is 3. The maximum Gasteiger partial charge on any atom is 0.490 e. The molecule has 1 fully saturated rings. The maximum atomic E-state index is 12.9. The van der Waals surface area contributed by atoms with Crippen molar-refractivity contribution in [3.05, 3.63) is 48.3 Å². The summed E-state index contributed by atoms with van der Waals surface area (Å²) in [5.41, 5.74) is -5.03. The summed E-state index contributed by atoms with van der Waals surface area (Å²) in [4.78, 5) is 40.6. The number of aromatic nitrogens is 1. The first kappa shape index (κ1) is 27.8. The molecule has 3 amide bonds. The Labute approximate surface area is 198 Å². The van der Waals surface area contributed by atoms with Gasteiger partial charge in [-0.05, 0) is 55.9 Å². The average molecular weight is 525 g/mol. The Kier molecular flexibility index (Phi) is 7.94. The highest BCUT2D eigenvalue weighted by Crippen LogP contribution is 2.39. The van der Waals surface area contributed by atoms with Crippen molar-refractivity contribution in [3.8, 4) is 5.75 Å². The summed E-state index contributed by atoms with van der Waals surface area (Å²) in [7, 11) is 0. The zero-order chi connectivity index (χ0) is 26.8. The van der Waals surface area contributed by atoms with Gasteiger partial charge in [-0.15, -0.1) is 0 Å². The number of pyridine rings is 1. The minimum Gasteiger partial charge on any atom is -0.506 e. The number of carboxylic acid groups (broad SMARTS) is 1. The van der Waals surface area contributed by atoms with Crippen LogP contribution in [0.1, 0.15) is 19.4 Å². The van der Waals surface area contributed by atoms with Gasteiger partial charge in [0.15, 0.2) is 0 Å². The van der Waals surface area contributed by atoms with E-state index in [0.717, 1.165) is 4.90 Å². The third-order valence-corrected chi connectivity index (χ3v) is 5.35. The molecule has 1 aromatic heterocycles. The summed E-state index contributed by atoms with van der Waals surface area (Å²) in [6, 6.07) is 5.93. The number of carbonyl (C=O) groups is 3. The normalized spacial score (nSPS) is 15.7. The van der Waals surface area contributed by atoms with E-state index >= 15 is 0 Å². The van der Waals surface area contributed by atoms with Crippen molar-refractivity contribution in [1.82, 2.24) is 9.88 Å². The van der Waals surface area contributed by atoms with E-state index in [2.05, 4.69) is 4.98 Å². The van der Waals surface area contributed by atoms with Crippen LogP contribution in [0.3, 0.4) is 0 Å². The molecular weight excluding hydrogens is 508 g/mol. The summed E-state index contributed by atoms with van der Waals surface area (Å²) < 4.78 is 69.2. The molecule has 1 saturated heterocycles. The molecule has 15 heteroatoms. The third-order valence-electron chi connectivity index (χ3n) is 4.61. The predicted molar refractivity (Wildman–Crippen MR) is 110 cm³/mol. The van der Waals surface area contributed by atoms with E-state index in [1.807, 2.05) is 0 Å². The Morgan fingerprint density at radius 2 is 1.60 bits per heavy atom. The van der Waals surface area contributed by atoms with Crippen LogP contribution in [0.4, 0.5) is 36.8 Å². The van der Waals surface area contributed by atoms with E-state index in [0.29, 0.717) is 5.56 Å². The molecule has 3 rings (SSSR count). The van der Waals surface area contributed by atoms with Gasteiger partial charge >= 0.3 is 23.7 Å². The third kappa shape index (κ3) is 6.77. The fourth-order valence-corrected chi connectivity index (χ4v) is 3.38. The van der Waals surface area contributed by atoms with Gasteiger partial charge < -0.3 is 15.1 Å². The number of hydrogen-bond acceptors (Lipinski definition) is 6. The van der Waals surface area contributed by atoms with Gasteiger partial charge in [-0.3, -0.25) is 9.78 Å². The molecule has 2 N–H and O–H groups in total. The molecule has 8 nitrogen and oxygen atoms in total. The van der Waals surface area contributed by atoms with Crippen LogP contribution in [0.5, 0.6) is 5.75 Å². The second-order valence-electron chi connectivity index (χ2n) is 7.42. The second-order valence-corrected chi connectivity index (χ2v) is 8.56. The Bertz CT molecular complexity index is 1110. The van der Waals surface area contributed by atoms with Crippen LogP contribution >= 0.6 is 11.8 Å². The van der Waals surface area contributed by atoms with E-state index in [1.165, 1.54) is 47.6 Å². The number of thioether (sulfide) groups is 1. The highest BCUT2D eigenvalue weighted by atomic mass is 32.2. The molecule has 2 heterocycles. The van der Waals surface area contributed by atoms with Crippen LogP contribution < -0.4 is 4.90 Å². The monoisotopic (exact) mass is 525 g/mol. The van der Waals surface area contributed by atoms with E-state index in [-0.39, 0.29) is 34.6 Å². The van der Waals surface area contributed by atoms with Gasteiger partial charge in [0, 0.05) is 16.7 Å². The number of carbonyl (C=O) groups excluding carboxylic acids is 2. The zero-order valence-corrected chi connectivity index (χ0v) is 18.7. The molecule has 0 atom stereocenters. The van der Waals surface area contributed by atoms with Crippen molar-refractivity contribution in [2.45, 2.75) is 42.5 Å². The van der Waals surface area contributed by atoms with Crippen LogP contribution in [0.25, 0.3) is 0 Å². The summed E-state index contributed by atoms with van der Waals surface area (Å²) in [6.07, 6.45) is -2.39. The van der Waals surface area contributed by atoms with E-state index in [1.54, 1.807) is 13.8 Å². The van der Waals surface area contributed by atoms with Crippen molar-refractivity contribution in [1.29, 1.82) is 0 Å². The molecule has 2 aromatic rings. The van der Waals surface area contributed by atoms with Crippen LogP contribution in [-0.4, -0.2) is 55.2 Å². The summed E-state index contributed by atoms with van der Waals surface area (Å²) in [5.74, 6) is -3.37. The zero-order valence-electron chi connectivity index (χ0n) is 17.9. The summed E-state index contributed by atoms with van der Waals surface area (Å²) in [6.45, 7) is 3.11. The average Bonchev–Trinajstić information content (AvgIpc) is 2.88. The minimum atomic E-state index is -5.08. The molecule has 0 aliphatic carbocycles. The fourth-order valence-electron chi connectivity index (χ4n) is 2.84. The summed E-state index contributed by atoms with van der Waals surface area (Å²) >= 11 is -0.275. The molecule has 1 aliphatic rings. The van der Waals surface area contributed by atoms with E-state index in [9.17, 15) is 41.0 Å². The first-order valence-electron chi connectivity index (χ1n) is 9.39. The number of benzene rings is 1. The van der Waals surface area contributed by atoms with Gasteiger partial charge in [0.1, 0.15) is 11.3 Å². The smallest absolute Gasteiger partial charge is 0.490 e. The fraction of sp³-hybridized carbons (Fsp3) is 0.300. The van der Waals surface area contributed by atoms with Crippen molar-refractivity contribution in [3.63, 3.8) is 0 Å². The number of carboxylic acids is 1. The molecule has 1 aromatic carbocycles. The second kappa shape index (κ2) is 10.0. The standard InChI is InChI=1S/C18H16F3N3O3S.C2HF3O2/c1-17(2)15(26)24(12-3-5-13(6-4-12)28-18(19,20)21)16(27)23(17)10-11-7-8-22-9-14(11)25;3-2(4,5)1(6)7/h3-9,25H,10H2,1-2H3;(H,6,7). The van der Waals surface area contributed by atoms with Gasteiger partial charge in [0.25, 0.3) is 5.91 Å². The lowest BCUT2D eigenvalue weighted by Crippen LogP contribution is -2.43. The Morgan fingerprint density at radius 1 is 1.06 bits per heavy atom. The first-order chi connectivity index (χ1) is 15.9.